The summed E-state index contributed by atoms with van der Waals surface area (Å²) in [4.78, 5) is 9.60. The molecular formula is C43H27N3S. The molecule has 0 unspecified atom stereocenters. The van der Waals surface area contributed by atoms with Crippen molar-refractivity contribution in [2.45, 2.75) is 5.41 Å². The largest absolute Gasteiger partial charge is 0.292 e. The minimum Gasteiger partial charge on any atom is -0.292 e. The Balaban J connectivity index is 1.37. The average Bonchev–Trinajstić information content (AvgIpc) is 3.73. The zero-order chi connectivity index (χ0) is 31.0. The van der Waals surface area contributed by atoms with Gasteiger partial charge in [0.15, 0.2) is 0 Å². The second-order valence-electron chi connectivity index (χ2n) is 12.2. The molecule has 0 saturated heterocycles. The molecule has 0 bridgehead atoms. The van der Waals surface area contributed by atoms with Crippen molar-refractivity contribution < 1.29 is 0 Å². The molecule has 1 aliphatic rings. The number of nitrogens with zero attached hydrogens (tertiary/aromatic N) is 3. The molecule has 4 heterocycles. The molecule has 10 rings (SSSR count). The van der Waals surface area contributed by atoms with E-state index in [1.54, 1.807) is 0 Å². The summed E-state index contributed by atoms with van der Waals surface area (Å²) < 4.78 is 5.01. The molecule has 6 aromatic carbocycles. The van der Waals surface area contributed by atoms with E-state index < -0.39 is 5.41 Å². The number of hydrogen-bond donors (Lipinski definition) is 0. The van der Waals surface area contributed by atoms with Gasteiger partial charge in [-0.05, 0) is 69.8 Å². The summed E-state index contributed by atoms with van der Waals surface area (Å²) in [6, 6.07) is 55.3. The SMILES string of the molecule is c1ccc(C2(c3ccccc3)c3cc(-c4cccc5c4sc4ccccc45)ccc3-n3c(-c4ccncc4)nc4cccc2c43)cc1. The van der Waals surface area contributed by atoms with Crippen molar-refractivity contribution in [1.82, 2.24) is 14.5 Å². The minimum absolute atomic E-state index is 0.576. The fraction of sp³-hybridized carbons (Fsp3) is 0.0233. The Morgan fingerprint density at radius 2 is 1.26 bits per heavy atom. The summed E-state index contributed by atoms with van der Waals surface area (Å²) in [5.74, 6) is 0.921. The van der Waals surface area contributed by atoms with E-state index in [4.69, 9.17) is 4.98 Å². The van der Waals surface area contributed by atoms with Crippen LogP contribution in [0.1, 0.15) is 22.3 Å². The van der Waals surface area contributed by atoms with Crippen LogP contribution in [0.4, 0.5) is 0 Å². The van der Waals surface area contributed by atoms with Crippen molar-refractivity contribution in [3.63, 3.8) is 0 Å². The van der Waals surface area contributed by atoms with Crippen molar-refractivity contribution in [3.05, 3.63) is 186 Å². The number of para-hydroxylation sites is 1. The molecule has 3 nitrogen and oxygen atoms in total. The third kappa shape index (κ3) is 3.67. The van der Waals surface area contributed by atoms with Crippen molar-refractivity contribution in [3.8, 4) is 28.2 Å². The van der Waals surface area contributed by atoms with E-state index in [-0.39, 0.29) is 0 Å². The number of benzene rings is 6. The molecule has 1 aliphatic heterocycles. The topological polar surface area (TPSA) is 30.7 Å². The maximum atomic E-state index is 5.29. The van der Waals surface area contributed by atoms with Crippen molar-refractivity contribution in [2.24, 2.45) is 0 Å². The maximum Gasteiger partial charge on any atom is 0.145 e. The Morgan fingerprint density at radius 1 is 0.553 bits per heavy atom. The first-order chi connectivity index (χ1) is 23.3. The summed E-state index contributed by atoms with van der Waals surface area (Å²) in [5, 5.41) is 2.62. The Bertz CT molecular complexity index is 2580. The van der Waals surface area contributed by atoms with Gasteiger partial charge in [0.1, 0.15) is 5.82 Å². The van der Waals surface area contributed by atoms with Gasteiger partial charge in [-0.3, -0.25) is 9.55 Å². The van der Waals surface area contributed by atoms with E-state index in [9.17, 15) is 0 Å². The Hall–Kier alpha value is -5.84. The Kier molecular flexibility index (Phi) is 5.66. The third-order valence-corrected chi connectivity index (χ3v) is 11.0. The molecule has 0 aliphatic carbocycles. The molecule has 4 heteroatoms. The van der Waals surface area contributed by atoms with Crippen LogP contribution < -0.4 is 0 Å². The lowest BCUT2D eigenvalue weighted by molar-refractivity contribution is 0.726. The number of fused-ring (bicyclic) bond motifs is 5. The zero-order valence-electron chi connectivity index (χ0n) is 25.3. The van der Waals surface area contributed by atoms with Crippen LogP contribution in [-0.2, 0) is 5.41 Å². The number of aromatic nitrogens is 3. The predicted molar refractivity (Wildman–Crippen MR) is 194 cm³/mol. The number of hydrogen-bond acceptors (Lipinski definition) is 3. The molecule has 47 heavy (non-hydrogen) atoms. The molecule has 3 aromatic heterocycles. The summed E-state index contributed by atoms with van der Waals surface area (Å²) >= 11 is 1.88. The molecule has 9 aromatic rings. The van der Waals surface area contributed by atoms with E-state index >= 15 is 0 Å². The number of pyridine rings is 1. The highest BCUT2D eigenvalue weighted by Gasteiger charge is 2.45. The standard InChI is InChI=1S/C43H27N3S/c1-3-11-30(12-4-1)43(31-13-5-2-6-14-31)35-18-10-19-37-40(35)46(42(45-37)28-23-25-44-26-24-28)38-22-21-29(27-36(38)43)32-16-9-17-34-33-15-7-8-20-39(33)47-41(32)34/h1-27H. The summed E-state index contributed by atoms with van der Waals surface area (Å²) in [5.41, 5.74) is 11.1. The highest BCUT2D eigenvalue weighted by atomic mass is 32.1. The molecule has 0 spiro atoms. The van der Waals surface area contributed by atoms with Crippen molar-refractivity contribution >= 4 is 42.5 Å². The van der Waals surface area contributed by atoms with Gasteiger partial charge in [-0.1, -0.05) is 115 Å². The summed E-state index contributed by atoms with van der Waals surface area (Å²) in [6.07, 6.45) is 3.69. The van der Waals surface area contributed by atoms with Gasteiger partial charge in [0.2, 0.25) is 0 Å². The van der Waals surface area contributed by atoms with Crippen LogP contribution in [0, 0.1) is 0 Å². The molecule has 0 saturated carbocycles. The normalized spacial score (nSPS) is 13.3. The van der Waals surface area contributed by atoms with E-state index in [1.165, 1.54) is 53.6 Å². The van der Waals surface area contributed by atoms with Gasteiger partial charge >= 0.3 is 0 Å². The summed E-state index contributed by atoms with van der Waals surface area (Å²) in [7, 11) is 0. The first-order valence-corrected chi connectivity index (χ1v) is 16.7. The van der Waals surface area contributed by atoms with Crippen LogP contribution >= 0.6 is 11.3 Å². The monoisotopic (exact) mass is 617 g/mol. The molecule has 0 N–H and O–H groups in total. The fourth-order valence-corrected chi connectivity index (χ4v) is 9.08. The van der Waals surface area contributed by atoms with Gasteiger partial charge in [0, 0.05) is 38.1 Å². The van der Waals surface area contributed by atoms with Gasteiger partial charge in [-0.25, -0.2) is 4.98 Å². The zero-order valence-corrected chi connectivity index (χ0v) is 26.2. The van der Waals surface area contributed by atoms with E-state index in [1.807, 2.05) is 23.7 Å². The van der Waals surface area contributed by atoms with E-state index in [2.05, 4.69) is 161 Å². The lowest BCUT2D eigenvalue weighted by Gasteiger charge is -2.41. The molecule has 0 atom stereocenters. The maximum absolute atomic E-state index is 5.29. The van der Waals surface area contributed by atoms with Crippen molar-refractivity contribution in [1.29, 1.82) is 0 Å². The predicted octanol–water partition coefficient (Wildman–Crippen LogP) is 10.8. The fourth-order valence-electron chi connectivity index (χ4n) is 7.84. The van der Waals surface area contributed by atoms with Gasteiger partial charge in [-0.15, -0.1) is 11.3 Å². The van der Waals surface area contributed by atoms with Crippen LogP contribution in [0.3, 0.4) is 0 Å². The lowest BCUT2D eigenvalue weighted by atomic mass is 9.63. The smallest absolute Gasteiger partial charge is 0.145 e. The minimum atomic E-state index is -0.576. The molecular weight excluding hydrogens is 591 g/mol. The average molecular weight is 618 g/mol. The van der Waals surface area contributed by atoms with Gasteiger partial charge in [0.05, 0.1) is 22.1 Å². The highest BCUT2D eigenvalue weighted by molar-refractivity contribution is 7.26. The second kappa shape index (κ2) is 10.1. The number of rotatable bonds is 4. The number of thiophene rings is 1. The highest BCUT2D eigenvalue weighted by Crippen LogP contribution is 2.54. The van der Waals surface area contributed by atoms with Crippen LogP contribution in [0.5, 0.6) is 0 Å². The van der Waals surface area contributed by atoms with E-state index in [0.29, 0.717) is 0 Å². The van der Waals surface area contributed by atoms with E-state index in [0.717, 1.165) is 28.1 Å². The van der Waals surface area contributed by atoms with Gasteiger partial charge in [0.25, 0.3) is 0 Å². The van der Waals surface area contributed by atoms with Crippen LogP contribution in [-0.4, -0.2) is 14.5 Å². The first-order valence-electron chi connectivity index (χ1n) is 15.9. The quantitative estimate of drug-likeness (QED) is 0.197. The second-order valence-corrected chi connectivity index (χ2v) is 13.2. The third-order valence-electron chi connectivity index (χ3n) is 9.79. The Labute approximate surface area is 276 Å². The van der Waals surface area contributed by atoms with Crippen LogP contribution in [0.2, 0.25) is 0 Å². The Morgan fingerprint density at radius 3 is 2.04 bits per heavy atom. The van der Waals surface area contributed by atoms with Crippen LogP contribution in [0.25, 0.3) is 59.4 Å². The summed E-state index contributed by atoms with van der Waals surface area (Å²) in [6.45, 7) is 0. The van der Waals surface area contributed by atoms with Gasteiger partial charge in [-0.2, -0.15) is 0 Å². The molecule has 220 valence electrons. The lowest BCUT2D eigenvalue weighted by Crippen LogP contribution is -2.35. The number of imidazole rings is 1. The van der Waals surface area contributed by atoms with Crippen LogP contribution in [0.15, 0.2) is 164 Å². The molecule has 0 fully saturated rings. The first kappa shape index (κ1) is 26.4. The van der Waals surface area contributed by atoms with Crippen molar-refractivity contribution in [2.75, 3.05) is 0 Å². The molecule has 0 radical (unpaired) electrons. The molecule has 0 amide bonds. The van der Waals surface area contributed by atoms with Gasteiger partial charge < -0.3 is 0 Å².